The molecule has 1 rings (SSSR count). The van der Waals surface area contributed by atoms with Gasteiger partial charge in [-0.15, -0.1) is 0 Å². The number of ether oxygens (including phenoxy) is 1. The van der Waals surface area contributed by atoms with Crippen LogP contribution in [0.1, 0.15) is 149 Å². The van der Waals surface area contributed by atoms with Crippen LogP contribution in [0.15, 0.2) is 30.3 Å². The predicted octanol–water partition coefficient (Wildman–Crippen LogP) is 10.2. The highest BCUT2D eigenvalue weighted by atomic mass is 17.8. The molecule has 0 aliphatic heterocycles. The third-order valence-electron chi connectivity index (χ3n) is 7.28. The second-order valence-corrected chi connectivity index (χ2v) is 10.5. The molecule has 0 atom stereocenters. The van der Waals surface area contributed by atoms with Crippen LogP contribution in [-0.2, 0) is 25.3 Å². The van der Waals surface area contributed by atoms with Gasteiger partial charge in [-0.2, -0.15) is 4.89 Å². The Labute approximate surface area is 227 Å². The Morgan fingerprint density at radius 3 is 1.51 bits per heavy atom. The van der Waals surface area contributed by atoms with Gasteiger partial charge in [0.25, 0.3) is 0 Å². The Balaban J connectivity index is 2.48. The zero-order valence-electron chi connectivity index (χ0n) is 23.9. The van der Waals surface area contributed by atoms with E-state index < -0.39 is 5.60 Å². The summed E-state index contributed by atoms with van der Waals surface area (Å²) in [5.41, 5.74) is -0.439. The zero-order valence-corrected chi connectivity index (χ0v) is 23.9. The first-order valence-corrected chi connectivity index (χ1v) is 15.2. The molecule has 0 fully saturated rings. The number of hydrogen-bond acceptors (Lipinski definition) is 5. The molecule has 0 spiro atoms. The Kier molecular flexibility index (Phi) is 23.0. The lowest BCUT2D eigenvalue weighted by atomic mass is 9.85. The maximum atomic E-state index is 10.3. The molecule has 0 aliphatic carbocycles. The lowest BCUT2D eigenvalue weighted by Crippen LogP contribution is -2.33. The van der Waals surface area contributed by atoms with E-state index >= 15 is 0 Å². The smallest absolute Gasteiger partial charge is 0.119 e. The van der Waals surface area contributed by atoms with Gasteiger partial charge in [0, 0.05) is 0 Å². The minimum absolute atomic E-state index is 0.439. The van der Waals surface area contributed by atoms with E-state index in [9.17, 15) is 5.26 Å². The van der Waals surface area contributed by atoms with Crippen LogP contribution in [0.2, 0.25) is 0 Å². The monoisotopic (exact) mass is 523 g/mol. The van der Waals surface area contributed by atoms with E-state index in [-0.39, 0.29) is 0 Å². The van der Waals surface area contributed by atoms with E-state index in [1.807, 2.05) is 30.3 Å². The highest BCUT2D eigenvalue weighted by molar-refractivity contribution is 5.20. The summed E-state index contributed by atoms with van der Waals surface area (Å²) in [4.78, 5) is 5.77. The molecule has 215 valence electrons. The standard InChI is InChI=1S/C31H55O6/c1-3-5-7-9-11-13-20-26-31(34-36-37-35-32,27-21-14-12-10-8-6-4-2)28-22-15-16-23-29-33-30-24-18-17-19-25-30/h17-19,24-25H,3-16,20-23,26-29H2,1-2H3. The molecule has 0 aliphatic rings. The molecular formula is C31H55O6. The molecule has 37 heavy (non-hydrogen) atoms. The van der Waals surface area contributed by atoms with Crippen molar-refractivity contribution in [1.29, 1.82) is 0 Å². The van der Waals surface area contributed by atoms with Crippen molar-refractivity contribution in [2.75, 3.05) is 6.61 Å². The molecular weight excluding hydrogens is 468 g/mol. The van der Waals surface area contributed by atoms with Crippen molar-refractivity contribution in [1.82, 2.24) is 0 Å². The fraction of sp³-hybridized carbons (Fsp3) is 0.806. The summed E-state index contributed by atoms with van der Waals surface area (Å²) in [6, 6.07) is 9.97. The van der Waals surface area contributed by atoms with Gasteiger partial charge in [0.2, 0.25) is 0 Å². The number of para-hydroxylation sites is 1. The second-order valence-electron chi connectivity index (χ2n) is 10.5. The Hall–Kier alpha value is -1.18. The Bertz CT molecular complexity index is 564. The van der Waals surface area contributed by atoms with Crippen molar-refractivity contribution >= 4 is 0 Å². The molecule has 0 amide bonds. The number of hydrogen-bond donors (Lipinski definition) is 0. The quantitative estimate of drug-likeness (QED) is 0.0621. The largest absolute Gasteiger partial charge is 0.494 e. The minimum atomic E-state index is -0.439. The van der Waals surface area contributed by atoms with Gasteiger partial charge in [-0.3, -0.25) is 0 Å². The highest BCUT2D eigenvalue weighted by Crippen LogP contribution is 2.33. The van der Waals surface area contributed by atoms with Crippen LogP contribution < -0.4 is 4.74 Å². The molecule has 0 N–H and O–H groups in total. The van der Waals surface area contributed by atoms with Crippen molar-refractivity contribution in [3.05, 3.63) is 30.3 Å². The molecule has 1 aromatic carbocycles. The summed E-state index contributed by atoms with van der Waals surface area (Å²) in [7, 11) is 0. The van der Waals surface area contributed by atoms with Crippen molar-refractivity contribution in [2.24, 2.45) is 0 Å². The highest BCUT2D eigenvalue weighted by Gasteiger charge is 2.32. The lowest BCUT2D eigenvalue weighted by molar-refractivity contribution is -0.728. The summed E-state index contributed by atoms with van der Waals surface area (Å²) in [5, 5.41) is 22.6. The van der Waals surface area contributed by atoms with E-state index in [4.69, 9.17) is 14.7 Å². The van der Waals surface area contributed by atoms with Gasteiger partial charge in [-0.1, -0.05) is 141 Å². The summed E-state index contributed by atoms with van der Waals surface area (Å²) in [6.45, 7) is 5.23. The van der Waals surface area contributed by atoms with Crippen molar-refractivity contribution in [3.8, 4) is 5.75 Å². The van der Waals surface area contributed by atoms with Gasteiger partial charge < -0.3 is 4.74 Å². The first-order chi connectivity index (χ1) is 18.3. The van der Waals surface area contributed by atoms with E-state index in [0.29, 0.717) is 0 Å². The van der Waals surface area contributed by atoms with Crippen LogP contribution in [0.3, 0.4) is 0 Å². The number of unbranched alkanes of at least 4 members (excludes halogenated alkanes) is 15. The summed E-state index contributed by atoms with van der Waals surface area (Å²) in [5.74, 6) is 0.928. The topological polar surface area (TPSA) is 66.1 Å². The normalized spacial score (nSPS) is 11.8. The van der Waals surface area contributed by atoms with E-state index in [1.165, 1.54) is 77.0 Å². The Morgan fingerprint density at radius 1 is 0.568 bits per heavy atom. The average molecular weight is 524 g/mol. The first-order valence-electron chi connectivity index (χ1n) is 15.2. The summed E-state index contributed by atoms with van der Waals surface area (Å²) < 4.78 is 5.82. The average Bonchev–Trinajstić information content (AvgIpc) is 2.92. The molecule has 1 aromatic rings. The summed E-state index contributed by atoms with van der Waals surface area (Å²) in [6.07, 6.45) is 24.5. The van der Waals surface area contributed by atoms with Crippen molar-refractivity contribution in [3.63, 3.8) is 0 Å². The second kappa shape index (κ2) is 25.1. The van der Waals surface area contributed by atoms with Crippen LogP contribution in [0, 0.1) is 0 Å². The zero-order chi connectivity index (χ0) is 26.7. The van der Waals surface area contributed by atoms with Gasteiger partial charge in [-0.25, -0.2) is 0 Å². The van der Waals surface area contributed by atoms with Crippen LogP contribution in [0.25, 0.3) is 0 Å². The van der Waals surface area contributed by atoms with Gasteiger partial charge in [0.05, 0.1) is 6.61 Å². The maximum Gasteiger partial charge on any atom is 0.119 e. The maximum absolute atomic E-state index is 10.3. The molecule has 0 saturated carbocycles. The molecule has 0 unspecified atom stereocenters. The van der Waals surface area contributed by atoms with Gasteiger partial charge >= 0.3 is 0 Å². The van der Waals surface area contributed by atoms with E-state index in [2.05, 4.69) is 23.9 Å². The fourth-order valence-corrected chi connectivity index (χ4v) is 5.02. The molecule has 6 nitrogen and oxygen atoms in total. The minimum Gasteiger partial charge on any atom is -0.494 e. The molecule has 1 radical (unpaired) electrons. The van der Waals surface area contributed by atoms with Crippen LogP contribution in [0.4, 0.5) is 0 Å². The molecule has 0 heterocycles. The lowest BCUT2D eigenvalue weighted by Gasteiger charge is -2.31. The third kappa shape index (κ3) is 19.5. The number of benzene rings is 1. The Morgan fingerprint density at radius 2 is 1.03 bits per heavy atom. The third-order valence-corrected chi connectivity index (χ3v) is 7.28. The van der Waals surface area contributed by atoms with Crippen LogP contribution in [0.5, 0.6) is 5.75 Å². The fourth-order valence-electron chi connectivity index (χ4n) is 5.02. The molecule has 0 aromatic heterocycles. The SMILES string of the molecule is CCCCCCCCCC(CCCCCCCCC)(CCCCCCOc1ccccc1)OOOO[O]. The van der Waals surface area contributed by atoms with Crippen LogP contribution >= 0.6 is 0 Å². The van der Waals surface area contributed by atoms with Gasteiger partial charge in [0.1, 0.15) is 11.4 Å². The van der Waals surface area contributed by atoms with Crippen molar-refractivity contribution < 1.29 is 30.0 Å². The molecule has 0 saturated heterocycles. The molecule has 0 bridgehead atoms. The van der Waals surface area contributed by atoms with Gasteiger partial charge in [0.15, 0.2) is 0 Å². The predicted molar refractivity (Wildman–Crippen MR) is 148 cm³/mol. The van der Waals surface area contributed by atoms with Crippen molar-refractivity contribution in [2.45, 2.75) is 154 Å². The van der Waals surface area contributed by atoms with E-state index in [0.717, 1.165) is 70.1 Å². The number of rotatable bonds is 28. The first kappa shape index (κ1) is 33.8. The van der Waals surface area contributed by atoms with E-state index in [1.54, 1.807) is 0 Å². The summed E-state index contributed by atoms with van der Waals surface area (Å²) >= 11 is 0. The van der Waals surface area contributed by atoms with Gasteiger partial charge in [-0.05, 0) is 58.2 Å². The van der Waals surface area contributed by atoms with Crippen LogP contribution in [-0.4, -0.2) is 12.2 Å². The molecule has 6 heteroatoms.